The van der Waals surface area contributed by atoms with Crippen LogP contribution in [0.15, 0.2) is 24.3 Å². The van der Waals surface area contributed by atoms with E-state index in [-0.39, 0.29) is 11.5 Å². The molecule has 1 unspecified atom stereocenters. The smallest absolute Gasteiger partial charge is 0.0453 e. The van der Waals surface area contributed by atoms with Crippen molar-refractivity contribution in [2.75, 3.05) is 0 Å². The van der Waals surface area contributed by atoms with Crippen molar-refractivity contribution in [3.8, 4) is 0 Å². The van der Waals surface area contributed by atoms with Crippen molar-refractivity contribution in [1.82, 2.24) is 0 Å². The zero-order chi connectivity index (χ0) is 10.8. The van der Waals surface area contributed by atoms with Gasteiger partial charge in [0.1, 0.15) is 0 Å². The predicted octanol–water partition coefficient (Wildman–Crippen LogP) is 3.78. The van der Waals surface area contributed by atoms with Crippen LogP contribution < -0.4 is 5.73 Å². The first-order valence-electron chi connectivity index (χ1n) is 4.90. The van der Waals surface area contributed by atoms with Crippen LogP contribution in [0, 0.1) is 5.41 Å². The highest BCUT2D eigenvalue weighted by Gasteiger charge is 2.18. The molecule has 78 valence electrons. The Kier molecular flexibility index (Phi) is 3.57. The summed E-state index contributed by atoms with van der Waals surface area (Å²) in [4.78, 5) is 0. The fourth-order valence-corrected chi connectivity index (χ4v) is 1.82. The highest BCUT2D eigenvalue weighted by molar-refractivity contribution is 6.31. The molecule has 2 N–H and O–H groups in total. The lowest BCUT2D eigenvalue weighted by Crippen LogP contribution is -2.18. The van der Waals surface area contributed by atoms with E-state index in [2.05, 4.69) is 20.8 Å². The molecule has 0 aliphatic carbocycles. The molecule has 1 nitrogen and oxygen atoms in total. The fourth-order valence-electron chi connectivity index (χ4n) is 1.55. The molecule has 0 aliphatic heterocycles. The van der Waals surface area contributed by atoms with Crippen LogP contribution in [0.5, 0.6) is 0 Å². The molecule has 0 saturated heterocycles. The largest absolute Gasteiger partial charge is 0.324 e. The number of hydrogen-bond donors (Lipinski definition) is 1. The second-order valence-electron chi connectivity index (χ2n) is 4.89. The van der Waals surface area contributed by atoms with Gasteiger partial charge in [0.15, 0.2) is 0 Å². The molecule has 0 aliphatic rings. The molecule has 1 aromatic rings. The summed E-state index contributed by atoms with van der Waals surface area (Å²) in [5.41, 5.74) is 7.38. The minimum absolute atomic E-state index is 0.0312. The molecule has 0 radical (unpaired) electrons. The average molecular weight is 212 g/mol. The molecular formula is C12H18ClN. The Balaban J connectivity index is 2.80. The first kappa shape index (κ1) is 11.5. The van der Waals surface area contributed by atoms with E-state index in [1.807, 2.05) is 24.3 Å². The van der Waals surface area contributed by atoms with Gasteiger partial charge < -0.3 is 5.73 Å². The maximum atomic E-state index is 6.10. The Morgan fingerprint density at radius 1 is 1.29 bits per heavy atom. The van der Waals surface area contributed by atoms with E-state index >= 15 is 0 Å². The third-order valence-corrected chi connectivity index (χ3v) is 2.48. The van der Waals surface area contributed by atoms with E-state index in [0.717, 1.165) is 17.0 Å². The van der Waals surface area contributed by atoms with Crippen LogP contribution in [-0.4, -0.2) is 0 Å². The highest BCUT2D eigenvalue weighted by Crippen LogP contribution is 2.30. The standard InChI is InChI=1S/C12H18ClN/c1-12(2,3)8-11(14)9-6-4-5-7-10(9)13/h4-7,11H,8,14H2,1-3H3. The lowest BCUT2D eigenvalue weighted by Gasteiger charge is -2.23. The maximum absolute atomic E-state index is 6.10. The molecule has 0 spiro atoms. The summed E-state index contributed by atoms with van der Waals surface area (Å²) >= 11 is 6.07. The van der Waals surface area contributed by atoms with E-state index in [4.69, 9.17) is 17.3 Å². The number of nitrogens with two attached hydrogens (primary N) is 1. The molecule has 2 heteroatoms. The second-order valence-corrected chi connectivity index (χ2v) is 5.30. The molecule has 1 rings (SSSR count). The Labute approximate surface area is 91.3 Å². The van der Waals surface area contributed by atoms with Crippen molar-refractivity contribution in [3.05, 3.63) is 34.9 Å². The third kappa shape index (κ3) is 3.32. The van der Waals surface area contributed by atoms with Gasteiger partial charge in [-0.05, 0) is 23.5 Å². The minimum atomic E-state index is 0.0312. The SMILES string of the molecule is CC(C)(C)CC(N)c1ccccc1Cl. The Hall–Kier alpha value is -0.530. The topological polar surface area (TPSA) is 26.0 Å². The number of rotatable bonds is 2. The Bertz CT molecular complexity index is 301. The van der Waals surface area contributed by atoms with Gasteiger partial charge in [0.25, 0.3) is 0 Å². The molecule has 0 amide bonds. The zero-order valence-corrected chi connectivity index (χ0v) is 9.81. The maximum Gasteiger partial charge on any atom is 0.0453 e. The van der Waals surface area contributed by atoms with Gasteiger partial charge in [0, 0.05) is 11.1 Å². The summed E-state index contributed by atoms with van der Waals surface area (Å²) in [7, 11) is 0. The molecule has 0 bridgehead atoms. The number of hydrogen-bond acceptors (Lipinski definition) is 1. The average Bonchev–Trinajstić information content (AvgIpc) is 2.01. The van der Waals surface area contributed by atoms with Crippen LogP contribution in [0.4, 0.5) is 0 Å². The van der Waals surface area contributed by atoms with Gasteiger partial charge >= 0.3 is 0 Å². The van der Waals surface area contributed by atoms with Crippen LogP contribution in [-0.2, 0) is 0 Å². The first-order valence-corrected chi connectivity index (χ1v) is 5.28. The van der Waals surface area contributed by atoms with Crippen LogP contribution >= 0.6 is 11.6 Å². The Morgan fingerprint density at radius 2 is 1.86 bits per heavy atom. The molecule has 1 aromatic carbocycles. The summed E-state index contributed by atoms with van der Waals surface area (Å²) in [6.45, 7) is 6.55. The van der Waals surface area contributed by atoms with E-state index < -0.39 is 0 Å². The van der Waals surface area contributed by atoms with Crippen molar-refractivity contribution in [3.63, 3.8) is 0 Å². The van der Waals surface area contributed by atoms with Gasteiger partial charge in [-0.3, -0.25) is 0 Å². The number of halogens is 1. The van der Waals surface area contributed by atoms with Gasteiger partial charge in [-0.15, -0.1) is 0 Å². The van der Waals surface area contributed by atoms with E-state index in [0.29, 0.717) is 0 Å². The summed E-state index contributed by atoms with van der Waals surface area (Å²) in [5, 5.41) is 0.768. The van der Waals surface area contributed by atoms with Crippen molar-refractivity contribution >= 4 is 11.6 Å². The quantitative estimate of drug-likeness (QED) is 0.792. The molecule has 0 saturated carbocycles. The van der Waals surface area contributed by atoms with Gasteiger partial charge in [-0.25, -0.2) is 0 Å². The van der Waals surface area contributed by atoms with Gasteiger partial charge in [-0.2, -0.15) is 0 Å². The van der Waals surface area contributed by atoms with Crippen LogP contribution in [0.25, 0.3) is 0 Å². The second kappa shape index (κ2) is 4.33. The zero-order valence-electron chi connectivity index (χ0n) is 9.05. The van der Waals surface area contributed by atoms with Gasteiger partial charge in [-0.1, -0.05) is 50.6 Å². The lowest BCUT2D eigenvalue weighted by atomic mass is 9.86. The van der Waals surface area contributed by atoms with Crippen molar-refractivity contribution in [1.29, 1.82) is 0 Å². The van der Waals surface area contributed by atoms with E-state index in [9.17, 15) is 0 Å². The third-order valence-electron chi connectivity index (χ3n) is 2.14. The molecule has 0 aromatic heterocycles. The summed E-state index contributed by atoms with van der Waals surface area (Å²) in [6.07, 6.45) is 0.941. The molecule has 0 fully saturated rings. The highest BCUT2D eigenvalue weighted by atomic mass is 35.5. The van der Waals surface area contributed by atoms with Crippen LogP contribution in [0.2, 0.25) is 5.02 Å². The Morgan fingerprint density at radius 3 is 2.36 bits per heavy atom. The van der Waals surface area contributed by atoms with E-state index in [1.165, 1.54) is 0 Å². The number of benzene rings is 1. The molecule has 14 heavy (non-hydrogen) atoms. The van der Waals surface area contributed by atoms with Crippen molar-refractivity contribution in [2.24, 2.45) is 11.1 Å². The van der Waals surface area contributed by atoms with Crippen molar-refractivity contribution in [2.45, 2.75) is 33.2 Å². The van der Waals surface area contributed by atoms with E-state index in [1.54, 1.807) is 0 Å². The lowest BCUT2D eigenvalue weighted by molar-refractivity contribution is 0.343. The van der Waals surface area contributed by atoms with Crippen LogP contribution in [0.1, 0.15) is 38.8 Å². The fraction of sp³-hybridized carbons (Fsp3) is 0.500. The normalized spacial score (nSPS) is 14.1. The van der Waals surface area contributed by atoms with Crippen LogP contribution in [0.3, 0.4) is 0 Å². The molecule has 1 atom stereocenters. The monoisotopic (exact) mass is 211 g/mol. The molecular weight excluding hydrogens is 194 g/mol. The van der Waals surface area contributed by atoms with Gasteiger partial charge in [0.05, 0.1) is 0 Å². The van der Waals surface area contributed by atoms with Gasteiger partial charge in [0.2, 0.25) is 0 Å². The van der Waals surface area contributed by atoms with Crippen molar-refractivity contribution < 1.29 is 0 Å². The predicted molar refractivity (Wildman–Crippen MR) is 62.5 cm³/mol. The summed E-state index contributed by atoms with van der Waals surface area (Å²) in [5.74, 6) is 0. The molecule has 0 heterocycles. The minimum Gasteiger partial charge on any atom is -0.324 e. The first-order chi connectivity index (χ1) is 6.40. The summed E-state index contributed by atoms with van der Waals surface area (Å²) in [6, 6.07) is 7.82. The summed E-state index contributed by atoms with van der Waals surface area (Å²) < 4.78 is 0.